The number of anilines is 1. The van der Waals surface area contributed by atoms with Gasteiger partial charge < -0.3 is 14.6 Å². The minimum atomic E-state index is -0.665. The molecule has 25 heavy (non-hydrogen) atoms. The van der Waals surface area contributed by atoms with Gasteiger partial charge in [-0.25, -0.2) is 13.6 Å². The largest absolute Gasteiger partial charge is 0.465 e. The van der Waals surface area contributed by atoms with Crippen molar-refractivity contribution in [1.82, 2.24) is 5.16 Å². The van der Waals surface area contributed by atoms with E-state index in [0.717, 1.165) is 5.56 Å². The Morgan fingerprint density at radius 3 is 2.60 bits per heavy atom. The molecule has 7 heteroatoms. The summed E-state index contributed by atoms with van der Waals surface area (Å²) in [6.45, 7) is 0.280. The number of hydrogen-bond acceptors (Lipinski definition) is 5. The molecule has 0 saturated carbocycles. The Bertz CT molecular complexity index is 892. The molecule has 2 aromatic carbocycles. The van der Waals surface area contributed by atoms with Crippen LogP contribution >= 0.6 is 0 Å². The molecule has 1 aromatic heterocycles. The molecular formula is C18H14F2N2O3. The van der Waals surface area contributed by atoms with Gasteiger partial charge in [0.15, 0.2) is 5.56 Å². The van der Waals surface area contributed by atoms with Crippen LogP contribution < -0.4 is 5.32 Å². The molecule has 128 valence electrons. The molecule has 1 heterocycles. The summed E-state index contributed by atoms with van der Waals surface area (Å²) in [5.74, 6) is -1.37. The predicted octanol–water partition coefficient (Wildman–Crippen LogP) is 4.02. The summed E-state index contributed by atoms with van der Waals surface area (Å²) < 4.78 is 36.4. The second kappa shape index (κ2) is 7.12. The van der Waals surface area contributed by atoms with Crippen molar-refractivity contribution in [1.29, 1.82) is 0 Å². The highest BCUT2D eigenvalue weighted by Gasteiger charge is 2.25. The molecule has 0 amide bonds. The molecule has 0 saturated heterocycles. The maximum atomic E-state index is 13.5. The first-order valence-corrected chi connectivity index (χ1v) is 7.40. The smallest absolute Gasteiger partial charge is 0.345 e. The fourth-order valence-electron chi connectivity index (χ4n) is 2.32. The van der Waals surface area contributed by atoms with E-state index in [2.05, 4.69) is 10.5 Å². The summed E-state index contributed by atoms with van der Waals surface area (Å²) in [7, 11) is 1.23. The normalized spacial score (nSPS) is 10.5. The Morgan fingerprint density at radius 2 is 1.92 bits per heavy atom. The van der Waals surface area contributed by atoms with Crippen molar-refractivity contribution in [3.63, 3.8) is 0 Å². The van der Waals surface area contributed by atoms with Crippen LogP contribution in [0.2, 0.25) is 0 Å². The van der Waals surface area contributed by atoms with Crippen molar-refractivity contribution in [2.24, 2.45) is 0 Å². The van der Waals surface area contributed by atoms with Crippen LogP contribution in [-0.2, 0) is 11.3 Å². The van der Waals surface area contributed by atoms with E-state index in [1.807, 2.05) is 0 Å². The van der Waals surface area contributed by atoms with E-state index in [4.69, 9.17) is 9.26 Å². The van der Waals surface area contributed by atoms with E-state index in [1.54, 1.807) is 18.2 Å². The summed E-state index contributed by atoms with van der Waals surface area (Å²) >= 11 is 0. The van der Waals surface area contributed by atoms with Gasteiger partial charge in [0.05, 0.1) is 7.11 Å². The van der Waals surface area contributed by atoms with E-state index >= 15 is 0 Å². The van der Waals surface area contributed by atoms with E-state index < -0.39 is 11.8 Å². The van der Waals surface area contributed by atoms with Crippen molar-refractivity contribution in [3.8, 4) is 11.3 Å². The van der Waals surface area contributed by atoms with Crippen LogP contribution in [0.1, 0.15) is 15.9 Å². The van der Waals surface area contributed by atoms with Crippen molar-refractivity contribution in [2.45, 2.75) is 6.54 Å². The second-order valence-electron chi connectivity index (χ2n) is 5.22. The number of esters is 1. The van der Waals surface area contributed by atoms with Gasteiger partial charge in [-0.1, -0.05) is 29.4 Å². The summed E-state index contributed by atoms with van der Waals surface area (Å²) in [5.41, 5.74) is 1.41. The van der Waals surface area contributed by atoms with Crippen molar-refractivity contribution < 1.29 is 22.8 Å². The number of nitrogens with zero attached hydrogens (tertiary/aromatic N) is 1. The van der Waals surface area contributed by atoms with E-state index in [1.165, 1.54) is 37.4 Å². The molecule has 0 unspecified atom stereocenters. The quantitative estimate of drug-likeness (QED) is 0.708. The number of hydrogen-bond donors (Lipinski definition) is 1. The first kappa shape index (κ1) is 16.6. The first-order valence-electron chi connectivity index (χ1n) is 7.40. The van der Waals surface area contributed by atoms with Crippen LogP contribution in [0.3, 0.4) is 0 Å². The summed E-state index contributed by atoms with van der Waals surface area (Å²) in [6.07, 6.45) is 0. The number of benzene rings is 2. The first-order chi connectivity index (χ1) is 12.1. The zero-order valence-electron chi connectivity index (χ0n) is 13.3. The Hall–Kier alpha value is -3.22. The molecule has 0 aliphatic heterocycles. The zero-order chi connectivity index (χ0) is 17.8. The molecule has 1 N–H and O–H groups in total. The Kier molecular flexibility index (Phi) is 4.74. The summed E-state index contributed by atoms with van der Waals surface area (Å²) in [5, 5.41) is 6.78. The molecule has 0 spiro atoms. The van der Waals surface area contributed by atoms with Gasteiger partial charge in [-0.05, 0) is 29.8 Å². The van der Waals surface area contributed by atoms with Gasteiger partial charge in [-0.2, -0.15) is 0 Å². The highest BCUT2D eigenvalue weighted by Crippen LogP contribution is 2.30. The lowest BCUT2D eigenvalue weighted by Crippen LogP contribution is -2.07. The van der Waals surface area contributed by atoms with Gasteiger partial charge in [-0.3, -0.25) is 0 Å². The molecule has 0 fully saturated rings. The van der Waals surface area contributed by atoms with Crippen LogP contribution in [0, 0.1) is 11.6 Å². The summed E-state index contributed by atoms with van der Waals surface area (Å²) in [6, 6.07) is 11.5. The molecule has 0 aliphatic carbocycles. The fourth-order valence-corrected chi connectivity index (χ4v) is 2.32. The monoisotopic (exact) mass is 344 g/mol. The van der Waals surface area contributed by atoms with Gasteiger partial charge >= 0.3 is 5.97 Å². The lowest BCUT2D eigenvalue weighted by Gasteiger charge is -2.05. The molecule has 0 radical (unpaired) electrons. The van der Waals surface area contributed by atoms with Crippen molar-refractivity contribution >= 4 is 11.9 Å². The highest BCUT2D eigenvalue weighted by molar-refractivity contribution is 6.00. The molecule has 0 atom stereocenters. The molecule has 3 aromatic rings. The van der Waals surface area contributed by atoms with Crippen molar-refractivity contribution in [2.75, 3.05) is 12.4 Å². The van der Waals surface area contributed by atoms with Crippen LogP contribution in [0.25, 0.3) is 11.3 Å². The number of rotatable bonds is 5. The van der Waals surface area contributed by atoms with Gasteiger partial charge in [0.25, 0.3) is 0 Å². The van der Waals surface area contributed by atoms with E-state index in [9.17, 15) is 13.6 Å². The molecule has 0 bridgehead atoms. The average molecular weight is 344 g/mol. The number of nitrogens with one attached hydrogen (secondary N) is 1. The minimum absolute atomic E-state index is 0.0650. The minimum Gasteiger partial charge on any atom is -0.465 e. The van der Waals surface area contributed by atoms with Crippen LogP contribution in [0.15, 0.2) is 53.1 Å². The number of halogens is 2. The fraction of sp³-hybridized carbons (Fsp3) is 0.111. The third-order valence-corrected chi connectivity index (χ3v) is 3.55. The van der Waals surface area contributed by atoms with Gasteiger partial charge in [-0.15, -0.1) is 0 Å². The Morgan fingerprint density at radius 1 is 1.16 bits per heavy atom. The zero-order valence-corrected chi connectivity index (χ0v) is 13.3. The van der Waals surface area contributed by atoms with E-state index in [0.29, 0.717) is 5.56 Å². The van der Waals surface area contributed by atoms with Crippen LogP contribution in [0.5, 0.6) is 0 Å². The van der Waals surface area contributed by atoms with Gasteiger partial charge in [0.1, 0.15) is 17.3 Å². The topological polar surface area (TPSA) is 64.4 Å². The number of ether oxygens (including phenoxy) is 1. The van der Waals surface area contributed by atoms with Gasteiger partial charge in [0, 0.05) is 12.1 Å². The summed E-state index contributed by atoms with van der Waals surface area (Å²) in [4.78, 5) is 12.1. The van der Waals surface area contributed by atoms with Crippen LogP contribution in [-0.4, -0.2) is 18.2 Å². The van der Waals surface area contributed by atoms with Crippen molar-refractivity contribution in [3.05, 3.63) is 71.3 Å². The number of carbonyl (C=O) groups excluding carboxylic acids is 1. The maximum absolute atomic E-state index is 13.5. The Balaban J connectivity index is 1.91. The number of aromatic nitrogens is 1. The second-order valence-corrected chi connectivity index (χ2v) is 5.22. The molecule has 0 aliphatic rings. The van der Waals surface area contributed by atoms with E-state index in [-0.39, 0.29) is 29.5 Å². The lowest BCUT2D eigenvalue weighted by molar-refractivity contribution is 0.0602. The maximum Gasteiger partial charge on any atom is 0.345 e. The molecule has 5 nitrogen and oxygen atoms in total. The average Bonchev–Trinajstić information content (AvgIpc) is 3.04. The highest BCUT2D eigenvalue weighted by atomic mass is 19.1. The standard InChI is InChI=1S/C18H14F2N2O3/c1-24-18(23)15-16(12-3-2-4-14(20)9-12)22-25-17(15)21-10-11-5-7-13(19)8-6-11/h2-9,21H,10H2,1H3. The van der Waals surface area contributed by atoms with Gasteiger partial charge in [0.2, 0.25) is 5.88 Å². The van der Waals surface area contributed by atoms with Crippen LogP contribution in [0.4, 0.5) is 14.7 Å². The molecular weight excluding hydrogens is 330 g/mol. The molecule has 3 rings (SSSR count). The lowest BCUT2D eigenvalue weighted by atomic mass is 10.1. The SMILES string of the molecule is COC(=O)c1c(-c2cccc(F)c2)noc1NCc1ccc(F)cc1. The number of methoxy groups -OCH3 is 1. The predicted molar refractivity (Wildman–Crippen MR) is 87.0 cm³/mol. The third-order valence-electron chi connectivity index (χ3n) is 3.55. The number of carbonyl (C=O) groups is 1. The Labute approximate surface area is 142 Å². The third kappa shape index (κ3) is 3.65.